The van der Waals surface area contributed by atoms with E-state index in [9.17, 15) is 18.0 Å². The molecule has 0 aliphatic heterocycles. The molecular weight excluding hydrogens is 464 g/mol. The topological polar surface area (TPSA) is 94.5 Å². The van der Waals surface area contributed by atoms with Gasteiger partial charge in [-0.1, -0.05) is 18.2 Å². The normalized spacial score (nSPS) is 11.3. The van der Waals surface area contributed by atoms with Crippen LogP contribution >= 0.6 is 0 Å². The van der Waals surface area contributed by atoms with E-state index >= 15 is 0 Å². The molecule has 5 nitrogen and oxygen atoms in total. The van der Waals surface area contributed by atoms with Crippen LogP contribution in [-0.2, 0) is 10.1 Å². The zero-order valence-electron chi connectivity index (χ0n) is 11.7. The minimum absolute atomic E-state index is 0.197. The Morgan fingerprint density at radius 2 is 1.38 bits per heavy atom. The van der Waals surface area contributed by atoms with Gasteiger partial charge in [0, 0.05) is 0 Å². The van der Waals surface area contributed by atoms with Crippen molar-refractivity contribution in [1.29, 1.82) is 0 Å². The summed E-state index contributed by atoms with van der Waals surface area (Å²) in [5.74, 6) is -0.871. The second-order valence-corrected chi connectivity index (χ2v) is 8.50. The summed E-state index contributed by atoms with van der Waals surface area (Å²) in [5, 5.41) is 8.77. The molecule has 2 rings (SSSR count). The molecule has 0 saturated carbocycles. The molecule has 0 aromatic heterocycles. The SMILES string of the molecule is O=C(O)c1ccc([I+]c2ccccc2)cc1.O=S(=O)([O-])C(F)(F)F. The first-order chi connectivity index (χ1) is 11.0. The van der Waals surface area contributed by atoms with Gasteiger partial charge >= 0.3 is 32.7 Å². The number of halogens is 4. The predicted octanol–water partition coefficient (Wildman–Crippen LogP) is -0.435. The zero-order chi connectivity index (χ0) is 18.4. The number of carboxylic acid groups (broad SMARTS) is 1. The average Bonchev–Trinajstić information content (AvgIpc) is 2.47. The first kappa shape index (κ1) is 20.4. The molecular formula is C14H10F3IO5S. The number of benzene rings is 2. The Morgan fingerprint density at radius 1 is 0.958 bits per heavy atom. The Bertz CT molecular complexity index is 774. The first-order valence-electron chi connectivity index (χ1n) is 6.06. The molecule has 130 valence electrons. The molecule has 0 bridgehead atoms. The van der Waals surface area contributed by atoms with Crippen LogP contribution in [0.5, 0.6) is 0 Å². The summed E-state index contributed by atoms with van der Waals surface area (Å²) in [6, 6.07) is 17.4. The fourth-order valence-corrected chi connectivity index (χ4v) is 3.47. The monoisotopic (exact) mass is 474 g/mol. The highest BCUT2D eigenvalue weighted by atomic mass is 127. The number of hydrogen-bond acceptors (Lipinski definition) is 4. The summed E-state index contributed by atoms with van der Waals surface area (Å²) in [4.78, 5) is 10.7. The Kier molecular flexibility index (Phi) is 7.17. The van der Waals surface area contributed by atoms with Crippen molar-refractivity contribution in [3.63, 3.8) is 0 Å². The molecule has 2 aromatic carbocycles. The van der Waals surface area contributed by atoms with Crippen molar-refractivity contribution in [1.82, 2.24) is 0 Å². The van der Waals surface area contributed by atoms with Gasteiger partial charge in [-0.3, -0.25) is 0 Å². The lowest BCUT2D eigenvalue weighted by Gasteiger charge is -2.08. The van der Waals surface area contributed by atoms with Crippen molar-refractivity contribution < 1.29 is 57.2 Å². The highest BCUT2D eigenvalue weighted by molar-refractivity contribution is 7.86. The van der Waals surface area contributed by atoms with Crippen molar-refractivity contribution in [3.05, 3.63) is 67.3 Å². The molecule has 0 radical (unpaired) electrons. The number of rotatable bonds is 3. The second kappa shape index (κ2) is 8.44. The third-order valence-electron chi connectivity index (χ3n) is 2.33. The van der Waals surface area contributed by atoms with Crippen LogP contribution in [0.1, 0.15) is 10.4 Å². The third kappa shape index (κ3) is 6.84. The van der Waals surface area contributed by atoms with E-state index in [1.165, 1.54) is 7.14 Å². The van der Waals surface area contributed by atoms with Gasteiger partial charge in [-0.2, -0.15) is 13.2 Å². The van der Waals surface area contributed by atoms with E-state index in [1.807, 2.05) is 30.3 Å². The van der Waals surface area contributed by atoms with Gasteiger partial charge in [-0.15, -0.1) is 0 Å². The predicted molar refractivity (Wildman–Crippen MR) is 73.0 cm³/mol. The Hall–Kier alpha value is -1.66. The van der Waals surface area contributed by atoms with Crippen molar-refractivity contribution >= 4 is 16.1 Å². The second-order valence-electron chi connectivity index (χ2n) is 4.10. The number of carboxylic acids is 1. The largest absolute Gasteiger partial charge is 0.741 e. The van der Waals surface area contributed by atoms with Crippen LogP contribution < -0.4 is 21.2 Å². The lowest BCUT2D eigenvalue weighted by molar-refractivity contribution is -0.597. The van der Waals surface area contributed by atoms with E-state index < -0.39 is 21.6 Å². The molecule has 0 unspecified atom stereocenters. The molecule has 1 N–H and O–H groups in total. The van der Waals surface area contributed by atoms with Crippen molar-refractivity contribution in [2.24, 2.45) is 0 Å². The van der Waals surface area contributed by atoms with Crippen LogP contribution in [0.2, 0.25) is 0 Å². The lowest BCUT2D eigenvalue weighted by atomic mass is 10.2. The average molecular weight is 474 g/mol. The lowest BCUT2D eigenvalue weighted by Crippen LogP contribution is -3.61. The van der Waals surface area contributed by atoms with E-state index in [0.29, 0.717) is 5.56 Å². The Labute approximate surface area is 146 Å². The van der Waals surface area contributed by atoms with Gasteiger partial charge < -0.3 is 9.66 Å². The van der Waals surface area contributed by atoms with Crippen LogP contribution in [-0.4, -0.2) is 29.6 Å². The van der Waals surface area contributed by atoms with Gasteiger partial charge in [0.15, 0.2) is 17.3 Å². The van der Waals surface area contributed by atoms with Crippen LogP contribution in [0.4, 0.5) is 13.2 Å². The number of aromatic carboxylic acids is 1. The highest BCUT2D eigenvalue weighted by Crippen LogP contribution is 2.20. The van der Waals surface area contributed by atoms with Gasteiger partial charge in [-0.05, 0) is 36.4 Å². The molecule has 2 aromatic rings. The molecule has 0 saturated heterocycles. The minimum Gasteiger partial charge on any atom is -0.741 e. The Morgan fingerprint density at radius 3 is 1.75 bits per heavy atom. The van der Waals surface area contributed by atoms with Crippen LogP contribution in [0.15, 0.2) is 54.6 Å². The summed E-state index contributed by atoms with van der Waals surface area (Å²) < 4.78 is 61.5. The van der Waals surface area contributed by atoms with Gasteiger partial charge in [0.25, 0.3) is 0 Å². The zero-order valence-corrected chi connectivity index (χ0v) is 14.7. The first-order valence-corrected chi connectivity index (χ1v) is 9.62. The molecule has 0 aliphatic rings. The number of alkyl halides is 3. The maximum Gasteiger partial charge on any atom is 0.485 e. The highest BCUT2D eigenvalue weighted by Gasteiger charge is 2.36. The molecule has 0 atom stereocenters. The van der Waals surface area contributed by atoms with Gasteiger partial charge in [0.1, 0.15) is 0 Å². The smallest absolute Gasteiger partial charge is 0.485 e. The van der Waals surface area contributed by atoms with E-state index in [0.717, 1.165) is 0 Å². The van der Waals surface area contributed by atoms with E-state index in [1.54, 1.807) is 12.1 Å². The third-order valence-corrected chi connectivity index (χ3v) is 5.58. The summed E-state index contributed by atoms with van der Waals surface area (Å²) in [6.45, 7) is 0. The van der Waals surface area contributed by atoms with Crippen LogP contribution in [0, 0.1) is 7.14 Å². The van der Waals surface area contributed by atoms with Crippen LogP contribution in [0.25, 0.3) is 0 Å². The molecule has 0 spiro atoms. The van der Waals surface area contributed by atoms with Crippen molar-refractivity contribution in [3.8, 4) is 0 Å². The quantitative estimate of drug-likeness (QED) is 0.370. The summed E-state index contributed by atoms with van der Waals surface area (Å²) in [6.07, 6.45) is 0. The fraction of sp³-hybridized carbons (Fsp3) is 0.0714. The summed E-state index contributed by atoms with van der Waals surface area (Å²) in [7, 11) is -6.09. The molecule has 0 heterocycles. The number of carbonyl (C=O) groups is 1. The molecule has 0 amide bonds. The maximum absolute atomic E-state index is 10.7. The van der Waals surface area contributed by atoms with Gasteiger partial charge in [-0.25, -0.2) is 13.2 Å². The summed E-state index contributed by atoms with van der Waals surface area (Å²) in [5.41, 5.74) is -5.30. The number of hydrogen-bond donors (Lipinski definition) is 1. The fourth-order valence-electron chi connectivity index (χ4n) is 1.26. The minimum atomic E-state index is -6.09. The van der Waals surface area contributed by atoms with E-state index in [-0.39, 0.29) is 21.2 Å². The summed E-state index contributed by atoms with van der Waals surface area (Å²) >= 11 is -0.197. The molecule has 10 heteroatoms. The van der Waals surface area contributed by atoms with Crippen molar-refractivity contribution in [2.75, 3.05) is 0 Å². The van der Waals surface area contributed by atoms with Crippen molar-refractivity contribution in [2.45, 2.75) is 5.51 Å². The van der Waals surface area contributed by atoms with E-state index in [4.69, 9.17) is 18.1 Å². The standard InChI is InChI=1S/C13H9IO2.CHF3O3S/c15-13(16)10-6-8-12(9-7-10)14-11-4-2-1-3-5-11;2-1(3,4)8(5,6)7/h1-9H;(H,5,6,7). The molecule has 24 heavy (non-hydrogen) atoms. The van der Waals surface area contributed by atoms with Gasteiger partial charge in [0.2, 0.25) is 0 Å². The molecule has 0 aliphatic carbocycles. The maximum atomic E-state index is 10.7. The Balaban J connectivity index is 0.000000307. The van der Waals surface area contributed by atoms with Gasteiger partial charge in [0.05, 0.1) is 5.56 Å². The van der Waals surface area contributed by atoms with E-state index in [2.05, 4.69) is 12.1 Å². The molecule has 0 fully saturated rings. The van der Waals surface area contributed by atoms with Crippen LogP contribution in [0.3, 0.4) is 0 Å².